The Balaban J connectivity index is 2.40. The van der Waals surface area contributed by atoms with Crippen LogP contribution in [0.25, 0.3) is 0 Å². The highest BCUT2D eigenvalue weighted by atomic mass is 32.3. The second-order valence-corrected chi connectivity index (χ2v) is 6.48. The zero-order chi connectivity index (χ0) is 14.9. The van der Waals surface area contributed by atoms with Gasteiger partial charge in [-0.05, 0) is 36.6 Å². The molecule has 0 amide bonds. The normalized spacial score (nSPS) is 17.4. The van der Waals surface area contributed by atoms with Crippen molar-refractivity contribution in [3.05, 3.63) is 22.8 Å². The van der Waals surface area contributed by atoms with Crippen LogP contribution in [0.1, 0.15) is 16.7 Å². The van der Waals surface area contributed by atoms with Crippen molar-refractivity contribution in [3.8, 4) is 0 Å². The van der Waals surface area contributed by atoms with E-state index in [1.165, 1.54) is 13.0 Å². The predicted molar refractivity (Wildman–Crippen MR) is 76.8 cm³/mol. The van der Waals surface area contributed by atoms with Crippen LogP contribution in [0.5, 0.6) is 0 Å². The summed E-state index contributed by atoms with van der Waals surface area (Å²) in [5.41, 5.74) is 8.16. The minimum Gasteiger partial charge on any atom is -0.398 e. The Hall–Kier alpha value is -1.18. The quantitative estimate of drug-likeness (QED) is 0.642. The first kappa shape index (κ1) is 15.2. The molecule has 1 fully saturated rings. The summed E-state index contributed by atoms with van der Waals surface area (Å²) in [4.78, 5) is 1.88. The van der Waals surface area contributed by atoms with Gasteiger partial charge in [-0.2, -0.15) is 8.42 Å². The van der Waals surface area contributed by atoms with Gasteiger partial charge in [-0.1, -0.05) is 0 Å². The molecule has 1 heterocycles. The van der Waals surface area contributed by atoms with Crippen molar-refractivity contribution in [1.29, 1.82) is 0 Å². The van der Waals surface area contributed by atoms with Crippen molar-refractivity contribution < 1.29 is 12.3 Å². The van der Waals surface area contributed by atoms with Crippen molar-refractivity contribution >= 4 is 15.9 Å². The molecule has 3 N–H and O–H groups in total. The Bertz CT molecular complexity index is 611. The third-order valence-electron chi connectivity index (χ3n) is 3.83. The van der Waals surface area contributed by atoms with E-state index in [9.17, 15) is 12.3 Å². The second-order valence-electron chi connectivity index (χ2n) is 5.16. The first-order chi connectivity index (χ1) is 9.30. The van der Waals surface area contributed by atoms with E-state index in [1.807, 2.05) is 6.92 Å². The maximum atomic E-state index is 13.3. The van der Waals surface area contributed by atoms with Crippen LogP contribution in [0.15, 0.2) is 11.0 Å². The summed E-state index contributed by atoms with van der Waals surface area (Å²) in [6, 6.07) is 1.42. The number of piperazine rings is 1. The molecule has 0 unspecified atom stereocenters. The summed E-state index contributed by atoms with van der Waals surface area (Å²) in [7, 11) is -4.75. The van der Waals surface area contributed by atoms with Crippen LogP contribution in [0, 0.1) is 13.8 Å². The summed E-state index contributed by atoms with van der Waals surface area (Å²) in [6.07, 6.45) is 0. The van der Waals surface area contributed by atoms with Gasteiger partial charge in [0.1, 0.15) is 4.90 Å². The van der Waals surface area contributed by atoms with E-state index in [0.29, 0.717) is 12.2 Å². The highest BCUT2D eigenvalue weighted by molar-refractivity contribution is 7.86. The Morgan fingerprint density at radius 2 is 1.90 bits per heavy atom. The molecule has 7 heteroatoms. The fraction of sp³-hybridized carbons (Fsp3) is 0.538. The molecule has 1 aliphatic rings. The van der Waals surface area contributed by atoms with Crippen LogP contribution in [-0.2, 0) is 16.8 Å². The average Bonchev–Trinajstić information content (AvgIpc) is 2.39. The number of nitrogens with one attached hydrogen (secondary N) is 1. The molecular formula is C13H20FN3O2S. The largest absolute Gasteiger partial charge is 0.398 e. The van der Waals surface area contributed by atoms with Crippen molar-refractivity contribution in [2.45, 2.75) is 25.3 Å². The fourth-order valence-electron chi connectivity index (χ4n) is 2.49. The zero-order valence-corrected chi connectivity index (χ0v) is 12.6. The minimum absolute atomic E-state index is 0.286. The molecule has 112 valence electrons. The molecule has 1 saturated heterocycles. The summed E-state index contributed by atoms with van der Waals surface area (Å²) in [6.45, 7) is 7.51. The fourth-order valence-corrected chi connectivity index (χ4v) is 3.25. The van der Waals surface area contributed by atoms with Gasteiger partial charge in [-0.25, -0.2) is 0 Å². The molecule has 20 heavy (non-hydrogen) atoms. The highest BCUT2D eigenvalue weighted by Crippen LogP contribution is 2.29. The lowest BCUT2D eigenvalue weighted by molar-refractivity contribution is 0.232. The topological polar surface area (TPSA) is 75.4 Å². The third kappa shape index (κ3) is 3.11. The highest BCUT2D eigenvalue weighted by Gasteiger charge is 2.21. The molecular weight excluding hydrogens is 281 g/mol. The van der Waals surface area contributed by atoms with E-state index in [4.69, 9.17) is 5.73 Å². The number of nitrogens with two attached hydrogens (primary N) is 1. The number of hydrogen-bond acceptors (Lipinski definition) is 5. The number of rotatable bonds is 3. The molecule has 0 atom stereocenters. The Labute approximate surface area is 119 Å². The monoisotopic (exact) mass is 301 g/mol. The van der Waals surface area contributed by atoms with Crippen molar-refractivity contribution in [3.63, 3.8) is 0 Å². The molecule has 5 nitrogen and oxygen atoms in total. The molecule has 0 aliphatic carbocycles. The van der Waals surface area contributed by atoms with Crippen molar-refractivity contribution in [2.75, 3.05) is 31.9 Å². The van der Waals surface area contributed by atoms with Crippen LogP contribution in [0.2, 0.25) is 0 Å². The van der Waals surface area contributed by atoms with E-state index in [1.54, 1.807) is 0 Å². The third-order valence-corrected chi connectivity index (χ3v) is 4.78. The number of halogens is 1. The lowest BCUT2D eigenvalue weighted by atomic mass is 10.0. The lowest BCUT2D eigenvalue weighted by Crippen LogP contribution is -2.43. The van der Waals surface area contributed by atoms with Gasteiger partial charge in [0, 0.05) is 38.4 Å². The molecule has 0 aromatic heterocycles. The zero-order valence-electron chi connectivity index (χ0n) is 11.7. The van der Waals surface area contributed by atoms with E-state index >= 15 is 0 Å². The van der Waals surface area contributed by atoms with Crippen LogP contribution in [0.4, 0.5) is 9.57 Å². The van der Waals surface area contributed by atoms with Gasteiger partial charge < -0.3 is 11.1 Å². The predicted octanol–water partition coefficient (Wildman–Crippen LogP) is 0.949. The van der Waals surface area contributed by atoms with E-state index in [2.05, 4.69) is 10.2 Å². The van der Waals surface area contributed by atoms with Gasteiger partial charge in [-0.3, -0.25) is 4.90 Å². The molecule has 0 spiro atoms. The van der Waals surface area contributed by atoms with Gasteiger partial charge in [0.2, 0.25) is 0 Å². The van der Waals surface area contributed by atoms with Crippen LogP contribution < -0.4 is 11.1 Å². The molecule has 0 saturated carbocycles. The Morgan fingerprint density at radius 1 is 1.30 bits per heavy atom. The molecule has 1 aromatic carbocycles. The maximum Gasteiger partial charge on any atom is 0.332 e. The van der Waals surface area contributed by atoms with E-state index in [-0.39, 0.29) is 10.5 Å². The first-order valence-electron chi connectivity index (χ1n) is 6.57. The van der Waals surface area contributed by atoms with Crippen molar-refractivity contribution in [2.24, 2.45) is 0 Å². The van der Waals surface area contributed by atoms with Crippen LogP contribution >= 0.6 is 0 Å². The summed E-state index contributed by atoms with van der Waals surface area (Å²) < 4.78 is 35.8. The maximum absolute atomic E-state index is 13.3. The molecule has 0 bridgehead atoms. The summed E-state index contributed by atoms with van der Waals surface area (Å²) in [5.74, 6) is 0. The number of hydrogen-bond donors (Lipinski definition) is 2. The lowest BCUT2D eigenvalue weighted by Gasteiger charge is -2.28. The Morgan fingerprint density at radius 3 is 2.45 bits per heavy atom. The molecule has 2 rings (SSSR count). The van der Waals surface area contributed by atoms with Crippen molar-refractivity contribution in [1.82, 2.24) is 10.2 Å². The van der Waals surface area contributed by atoms with Gasteiger partial charge in [0.15, 0.2) is 0 Å². The van der Waals surface area contributed by atoms with Crippen LogP contribution in [-0.4, -0.2) is 39.5 Å². The van der Waals surface area contributed by atoms with Gasteiger partial charge >= 0.3 is 10.2 Å². The number of nitrogen functional groups attached to an aromatic ring is 1. The number of anilines is 1. The van der Waals surface area contributed by atoms with Gasteiger partial charge in [-0.15, -0.1) is 3.89 Å². The average molecular weight is 301 g/mol. The standard InChI is InChI=1S/C13H20FN3O2S/c1-9-11(8-17-5-3-16-4-6-17)7-12(20(14,18)19)10(2)13(9)15/h7,16H,3-6,8,15H2,1-2H3. The molecule has 1 aliphatic heterocycles. The van der Waals surface area contributed by atoms with E-state index in [0.717, 1.165) is 37.3 Å². The first-order valence-corrected chi connectivity index (χ1v) is 7.95. The summed E-state index contributed by atoms with van der Waals surface area (Å²) >= 11 is 0. The summed E-state index contributed by atoms with van der Waals surface area (Å²) in [5, 5.41) is 3.25. The number of nitrogens with zero attached hydrogens (tertiary/aromatic N) is 1. The second kappa shape index (κ2) is 5.67. The molecule has 1 aromatic rings. The van der Waals surface area contributed by atoms with Gasteiger partial charge in [0.05, 0.1) is 0 Å². The Kier molecular flexibility index (Phi) is 4.31. The number of benzene rings is 1. The minimum atomic E-state index is -4.75. The SMILES string of the molecule is Cc1c(CN2CCNCC2)cc(S(=O)(=O)F)c(C)c1N. The van der Waals surface area contributed by atoms with E-state index < -0.39 is 10.2 Å². The van der Waals surface area contributed by atoms with Crippen LogP contribution in [0.3, 0.4) is 0 Å². The molecule has 0 radical (unpaired) electrons. The smallest absolute Gasteiger partial charge is 0.332 e. The van der Waals surface area contributed by atoms with Gasteiger partial charge in [0.25, 0.3) is 0 Å².